The average molecular weight is 389 g/mol. The van der Waals surface area contributed by atoms with Crippen LogP contribution in [0.1, 0.15) is 15.9 Å². The van der Waals surface area contributed by atoms with Gasteiger partial charge in [-0.05, 0) is 34.5 Å². The van der Waals surface area contributed by atoms with Crippen LogP contribution in [-0.4, -0.2) is 10.5 Å². The number of fused-ring (bicyclic) bond motifs is 1. The minimum absolute atomic E-state index is 0.165. The van der Waals surface area contributed by atoms with Crippen molar-refractivity contribution in [1.82, 2.24) is 4.57 Å². The third-order valence-electron chi connectivity index (χ3n) is 4.59. The van der Waals surface area contributed by atoms with Gasteiger partial charge in [-0.1, -0.05) is 66.2 Å². The highest BCUT2D eigenvalue weighted by Gasteiger charge is 2.11. The third kappa shape index (κ3) is 3.68. The Kier molecular flexibility index (Phi) is 4.96. The van der Waals surface area contributed by atoms with Gasteiger partial charge in [0, 0.05) is 12.3 Å². The first-order chi connectivity index (χ1) is 13.6. The number of benzene rings is 3. The van der Waals surface area contributed by atoms with Crippen molar-refractivity contribution in [2.75, 3.05) is 5.32 Å². The fraction of sp³-hybridized carbons (Fsp3) is 0.0435. The van der Waals surface area contributed by atoms with E-state index in [2.05, 4.69) is 5.32 Å². The number of rotatable bonds is 4. The molecule has 4 aromatic rings. The SMILES string of the molecule is O=C(Nc1ccccc1Cl)c1ccc(=O)n(Cc2cccc3ccccc23)c1. The van der Waals surface area contributed by atoms with E-state index in [0.29, 0.717) is 22.8 Å². The maximum Gasteiger partial charge on any atom is 0.257 e. The fourth-order valence-corrected chi connectivity index (χ4v) is 3.34. The van der Waals surface area contributed by atoms with E-state index in [1.54, 1.807) is 35.0 Å². The number of pyridine rings is 1. The van der Waals surface area contributed by atoms with E-state index < -0.39 is 0 Å². The maximum absolute atomic E-state index is 12.6. The van der Waals surface area contributed by atoms with E-state index in [1.165, 1.54) is 12.1 Å². The molecule has 0 radical (unpaired) electrons. The molecule has 1 amide bonds. The number of para-hydroxylation sites is 1. The van der Waals surface area contributed by atoms with Gasteiger partial charge in [0.1, 0.15) is 0 Å². The van der Waals surface area contributed by atoms with Crippen LogP contribution in [0, 0.1) is 0 Å². The molecule has 0 unspecified atom stereocenters. The Bertz CT molecular complexity index is 1230. The Hall–Kier alpha value is -3.37. The number of halogens is 1. The summed E-state index contributed by atoms with van der Waals surface area (Å²) in [4.78, 5) is 25.0. The molecule has 4 nitrogen and oxygen atoms in total. The predicted octanol–water partition coefficient (Wildman–Crippen LogP) is 4.96. The number of nitrogens with one attached hydrogen (secondary N) is 1. The highest BCUT2D eigenvalue weighted by atomic mass is 35.5. The van der Waals surface area contributed by atoms with Gasteiger partial charge in [-0.2, -0.15) is 0 Å². The molecule has 138 valence electrons. The molecule has 0 atom stereocenters. The van der Waals surface area contributed by atoms with Gasteiger partial charge in [-0.25, -0.2) is 0 Å². The van der Waals surface area contributed by atoms with Crippen molar-refractivity contribution in [2.24, 2.45) is 0 Å². The monoisotopic (exact) mass is 388 g/mol. The second-order valence-electron chi connectivity index (χ2n) is 6.46. The summed E-state index contributed by atoms with van der Waals surface area (Å²) in [7, 11) is 0. The minimum atomic E-state index is -0.320. The molecule has 0 aliphatic rings. The van der Waals surface area contributed by atoms with Gasteiger partial charge >= 0.3 is 0 Å². The first-order valence-electron chi connectivity index (χ1n) is 8.85. The third-order valence-corrected chi connectivity index (χ3v) is 4.92. The van der Waals surface area contributed by atoms with Crippen LogP contribution in [0.5, 0.6) is 0 Å². The summed E-state index contributed by atoms with van der Waals surface area (Å²) in [6, 6.07) is 24.0. The summed E-state index contributed by atoms with van der Waals surface area (Å²) in [6.45, 7) is 0.382. The quantitative estimate of drug-likeness (QED) is 0.537. The Morgan fingerprint density at radius 1 is 0.893 bits per heavy atom. The Morgan fingerprint density at radius 2 is 1.64 bits per heavy atom. The topological polar surface area (TPSA) is 51.1 Å². The summed E-state index contributed by atoms with van der Waals surface area (Å²) in [5.74, 6) is -0.320. The molecule has 5 heteroatoms. The lowest BCUT2D eigenvalue weighted by Crippen LogP contribution is -2.22. The first kappa shape index (κ1) is 18.0. The maximum atomic E-state index is 12.6. The number of anilines is 1. The Morgan fingerprint density at radius 3 is 2.50 bits per heavy atom. The van der Waals surface area contributed by atoms with Gasteiger partial charge in [0.2, 0.25) is 0 Å². The van der Waals surface area contributed by atoms with E-state index >= 15 is 0 Å². The van der Waals surface area contributed by atoms with Crippen LogP contribution >= 0.6 is 11.6 Å². The van der Waals surface area contributed by atoms with Crippen LogP contribution in [0.2, 0.25) is 5.02 Å². The van der Waals surface area contributed by atoms with E-state index in [-0.39, 0.29) is 11.5 Å². The first-order valence-corrected chi connectivity index (χ1v) is 9.22. The van der Waals surface area contributed by atoms with Gasteiger partial charge < -0.3 is 9.88 Å². The molecule has 4 rings (SSSR count). The predicted molar refractivity (Wildman–Crippen MR) is 113 cm³/mol. The zero-order valence-corrected chi connectivity index (χ0v) is 15.7. The van der Waals surface area contributed by atoms with Crippen LogP contribution in [0.3, 0.4) is 0 Å². The molecule has 1 aromatic heterocycles. The fourth-order valence-electron chi connectivity index (χ4n) is 3.16. The number of aromatic nitrogens is 1. The number of hydrogen-bond donors (Lipinski definition) is 1. The molecule has 0 bridgehead atoms. The Balaban J connectivity index is 1.65. The second-order valence-corrected chi connectivity index (χ2v) is 6.86. The second kappa shape index (κ2) is 7.71. The van der Waals surface area contributed by atoms with Gasteiger partial charge in [0.05, 0.1) is 22.8 Å². The zero-order chi connectivity index (χ0) is 19.5. The Labute approximate surface area is 167 Å². The lowest BCUT2D eigenvalue weighted by molar-refractivity contribution is 0.102. The molecule has 0 aliphatic carbocycles. The van der Waals surface area contributed by atoms with E-state index in [9.17, 15) is 9.59 Å². The summed E-state index contributed by atoms with van der Waals surface area (Å²) in [5.41, 5.74) is 1.77. The summed E-state index contributed by atoms with van der Waals surface area (Å²) in [6.07, 6.45) is 1.58. The molecular weight excluding hydrogens is 372 g/mol. The van der Waals surface area contributed by atoms with E-state index in [0.717, 1.165) is 16.3 Å². The van der Waals surface area contributed by atoms with Crippen molar-refractivity contribution in [1.29, 1.82) is 0 Å². The number of carbonyl (C=O) groups is 1. The van der Waals surface area contributed by atoms with Gasteiger partial charge in [-0.15, -0.1) is 0 Å². The molecule has 1 heterocycles. The lowest BCUT2D eigenvalue weighted by Gasteiger charge is -2.11. The average Bonchev–Trinajstić information content (AvgIpc) is 2.71. The number of nitrogens with zero attached hydrogens (tertiary/aromatic N) is 1. The van der Waals surface area contributed by atoms with Gasteiger partial charge in [0.15, 0.2) is 0 Å². The number of amides is 1. The van der Waals surface area contributed by atoms with Crippen LogP contribution in [0.15, 0.2) is 89.9 Å². The molecular formula is C23H17ClN2O2. The highest BCUT2D eigenvalue weighted by Crippen LogP contribution is 2.21. The molecule has 1 N–H and O–H groups in total. The molecule has 0 saturated heterocycles. The number of hydrogen-bond acceptors (Lipinski definition) is 2. The van der Waals surface area contributed by atoms with Crippen LogP contribution in [-0.2, 0) is 6.54 Å². The van der Waals surface area contributed by atoms with Gasteiger partial charge in [-0.3, -0.25) is 9.59 Å². The van der Waals surface area contributed by atoms with Crippen molar-refractivity contribution >= 4 is 34.0 Å². The van der Waals surface area contributed by atoms with Crippen LogP contribution in [0.4, 0.5) is 5.69 Å². The smallest absolute Gasteiger partial charge is 0.257 e. The van der Waals surface area contributed by atoms with Crippen molar-refractivity contribution in [3.05, 3.63) is 112 Å². The van der Waals surface area contributed by atoms with Crippen molar-refractivity contribution in [2.45, 2.75) is 6.54 Å². The molecule has 0 aliphatic heterocycles. The van der Waals surface area contributed by atoms with Crippen molar-refractivity contribution in [3.63, 3.8) is 0 Å². The standard InChI is InChI=1S/C23H17ClN2O2/c24-20-10-3-4-11-21(20)25-23(28)18-12-13-22(27)26(15-18)14-17-8-5-7-16-6-1-2-9-19(16)17/h1-13,15H,14H2,(H,25,28). The summed E-state index contributed by atoms with van der Waals surface area (Å²) in [5, 5.41) is 5.44. The molecule has 0 spiro atoms. The molecule has 28 heavy (non-hydrogen) atoms. The van der Waals surface area contributed by atoms with E-state index in [4.69, 9.17) is 11.6 Å². The normalized spacial score (nSPS) is 10.8. The number of carbonyl (C=O) groups excluding carboxylic acids is 1. The van der Waals surface area contributed by atoms with Crippen molar-refractivity contribution in [3.8, 4) is 0 Å². The summed E-state index contributed by atoms with van der Waals surface area (Å²) >= 11 is 6.11. The van der Waals surface area contributed by atoms with Crippen molar-refractivity contribution < 1.29 is 4.79 Å². The largest absolute Gasteiger partial charge is 0.321 e. The van der Waals surface area contributed by atoms with Crippen LogP contribution in [0.25, 0.3) is 10.8 Å². The molecule has 3 aromatic carbocycles. The molecule has 0 fully saturated rings. The zero-order valence-electron chi connectivity index (χ0n) is 14.9. The van der Waals surface area contributed by atoms with Gasteiger partial charge in [0.25, 0.3) is 11.5 Å². The summed E-state index contributed by atoms with van der Waals surface area (Å²) < 4.78 is 1.54. The lowest BCUT2D eigenvalue weighted by atomic mass is 10.0. The van der Waals surface area contributed by atoms with Crippen LogP contribution < -0.4 is 10.9 Å². The highest BCUT2D eigenvalue weighted by molar-refractivity contribution is 6.33. The molecule has 0 saturated carbocycles. The minimum Gasteiger partial charge on any atom is -0.321 e. The van der Waals surface area contributed by atoms with E-state index in [1.807, 2.05) is 42.5 Å².